The summed E-state index contributed by atoms with van der Waals surface area (Å²) in [7, 11) is 3.42. The Balaban J connectivity index is 1.59. The molecule has 2 aromatic rings. The van der Waals surface area contributed by atoms with Gasteiger partial charge in [-0.2, -0.15) is 0 Å². The van der Waals surface area contributed by atoms with Gasteiger partial charge in [-0.15, -0.1) is 0 Å². The highest BCUT2D eigenvalue weighted by Crippen LogP contribution is 2.31. The van der Waals surface area contributed by atoms with E-state index in [1.165, 1.54) is 0 Å². The maximum Gasteiger partial charge on any atom is 0.246 e. The molecule has 0 spiro atoms. The van der Waals surface area contributed by atoms with Gasteiger partial charge in [0, 0.05) is 20.0 Å². The molecule has 46 heavy (non-hydrogen) atoms. The average Bonchev–Trinajstić information content (AvgIpc) is 3.05. The molecule has 0 radical (unpaired) electrons. The first kappa shape index (κ1) is 35.1. The Morgan fingerprint density at radius 1 is 0.891 bits per heavy atom. The normalized spacial score (nSPS) is 21.3. The summed E-state index contributed by atoms with van der Waals surface area (Å²) in [5.74, 6) is -0.544. The second kappa shape index (κ2) is 16.2. The smallest absolute Gasteiger partial charge is 0.246 e. The summed E-state index contributed by atoms with van der Waals surface area (Å²) < 4.78 is 0. The molecular formula is C40H52N2O4. The van der Waals surface area contributed by atoms with E-state index < -0.39 is 12.1 Å². The summed E-state index contributed by atoms with van der Waals surface area (Å²) in [6.45, 7) is 6.36. The predicted octanol–water partition coefficient (Wildman–Crippen LogP) is 7.05. The number of benzene rings is 2. The van der Waals surface area contributed by atoms with Crippen molar-refractivity contribution in [3.8, 4) is 0 Å². The monoisotopic (exact) mass is 624 g/mol. The van der Waals surface area contributed by atoms with Gasteiger partial charge >= 0.3 is 0 Å². The molecule has 3 atom stereocenters. The molecule has 2 aliphatic rings. The van der Waals surface area contributed by atoms with Crippen LogP contribution in [-0.2, 0) is 20.8 Å². The van der Waals surface area contributed by atoms with Crippen molar-refractivity contribution in [2.24, 2.45) is 17.3 Å². The first-order chi connectivity index (χ1) is 21.9. The van der Waals surface area contributed by atoms with Crippen LogP contribution in [0.3, 0.4) is 0 Å². The Kier molecular flexibility index (Phi) is 12.3. The molecule has 1 saturated carbocycles. The molecule has 4 rings (SSSR count). The molecule has 6 heteroatoms. The Bertz CT molecular complexity index is 1400. The Morgan fingerprint density at radius 2 is 1.52 bits per heavy atom. The van der Waals surface area contributed by atoms with Gasteiger partial charge in [-0.05, 0) is 85.5 Å². The van der Waals surface area contributed by atoms with Gasteiger partial charge in [0.15, 0.2) is 5.78 Å². The molecule has 1 unspecified atom stereocenters. The molecular weight excluding hydrogens is 572 g/mol. The van der Waals surface area contributed by atoms with E-state index in [9.17, 15) is 19.5 Å². The van der Waals surface area contributed by atoms with Crippen molar-refractivity contribution in [3.63, 3.8) is 0 Å². The van der Waals surface area contributed by atoms with Crippen molar-refractivity contribution in [3.05, 3.63) is 102 Å². The third-order valence-electron chi connectivity index (χ3n) is 9.43. The molecule has 0 aliphatic heterocycles. The van der Waals surface area contributed by atoms with Crippen molar-refractivity contribution in [1.29, 1.82) is 0 Å². The van der Waals surface area contributed by atoms with E-state index in [4.69, 9.17) is 0 Å². The van der Waals surface area contributed by atoms with Crippen LogP contribution in [0.2, 0.25) is 0 Å². The Morgan fingerprint density at radius 3 is 2.11 bits per heavy atom. The SMILES string of the molecule is CN(C(=O)/C=C/CC(C)(C)C)[C@H](CC1C=CC(c2ccccc2)=CC1)C(=O)N(C)[C@H](Cc1ccccc1)C(=O)C1CCC(O)CC1. The number of carbonyl (C=O) groups excluding carboxylic acids is 3. The summed E-state index contributed by atoms with van der Waals surface area (Å²) in [4.78, 5) is 45.3. The van der Waals surface area contributed by atoms with Crippen LogP contribution < -0.4 is 0 Å². The van der Waals surface area contributed by atoms with Crippen LogP contribution in [0.5, 0.6) is 0 Å². The van der Waals surface area contributed by atoms with Gasteiger partial charge < -0.3 is 14.9 Å². The van der Waals surface area contributed by atoms with E-state index in [-0.39, 0.29) is 41.0 Å². The molecule has 2 amide bonds. The lowest BCUT2D eigenvalue weighted by molar-refractivity contribution is -0.147. The van der Waals surface area contributed by atoms with E-state index in [0.717, 1.165) is 29.5 Å². The van der Waals surface area contributed by atoms with Crippen LogP contribution in [0, 0.1) is 17.3 Å². The average molecular weight is 625 g/mol. The van der Waals surface area contributed by atoms with Crippen LogP contribution >= 0.6 is 0 Å². The number of allylic oxidation sites excluding steroid dienone is 5. The minimum absolute atomic E-state index is 0.0393. The number of aliphatic hydroxyl groups excluding tert-OH is 1. The van der Waals surface area contributed by atoms with Crippen molar-refractivity contribution < 1.29 is 19.5 Å². The van der Waals surface area contributed by atoms with Crippen LogP contribution in [0.1, 0.15) is 76.8 Å². The number of rotatable bonds is 12. The Labute approximate surface area is 275 Å². The van der Waals surface area contributed by atoms with Crippen LogP contribution in [0.15, 0.2) is 91.0 Å². The summed E-state index contributed by atoms with van der Waals surface area (Å²) in [6.07, 6.45) is 14.4. The summed E-state index contributed by atoms with van der Waals surface area (Å²) >= 11 is 0. The standard InChI is InChI=1S/C40H52N2O4/c1-40(2,3)26-12-17-37(44)41(4)36(28-30-18-20-32(21-19-30)31-15-10-7-11-16-31)39(46)42(5)35(27-29-13-8-6-9-14-29)38(45)33-22-24-34(43)25-23-33/h6-18,20-21,30,33-36,43H,19,22-28H2,1-5H3/b17-12+/t30?,33?,34?,35-,36-/m1/s1. The molecule has 0 heterocycles. The van der Waals surface area contributed by atoms with Gasteiger partial charge in [0.05, 0.1) is 12.1 Å². The zero-order chi connectivity index (χ0) is 33.3. The van der Waals surface area contributed by atoms with E-state index in [2.05, 4.69) is 51.1 Å². The number of Topliss-reactive ketones (excluding diaryl/α,β-unsaturated/α-hetero) is 1. The van der Waals surface area contributed by atoms with Crippen molar-refractivity contribution in [1.82, 2.24) is 9.80 Å². The molecule has 6 nitrogen and oxygen atoms in total. The molecule has 0 bridgehead atoms. The molecule has 2 aliphatic carbocycles. The molecule has 1 N–H and O–H groups in total. The summed E-state index contributed by atoms with van der Waals surface area (Å²) in [5.41, 5.74) is 3.33. The second-order valence-corrected chi connectivity index (χ2v) is 14.3. The van der Waals surface area contributed by atoms with E-state index in [0.29, 0.717) is 38.5 Å². The largest absolute Gasteiger partial charge is 0.393 e. The fraction of sp³-hybridized carbons (Fsp3) is 0.475. The number of carbonyl (C=O) groups is 3. The number of ketones is 1. The van der Waals surface area contributed by atoms with Crippen LogP contribution in [0.25, 0.3) is 5.57 Å². The number of hydrogen-bond acceptors (Lipinski definition) is 4. The fourth-order valence-corrected chi connectivity index (χ4v) is 6.47. The first-order valence-electron chi connectivity index (χ1n) is 16.8. The van der Waals surface area contributed by atoms with Gasteiger partial charge in [-0.1, -0.05) is 106 Å². The highest BCUT2D eigenvalue weighted by atomic mass is 16.3. The molecule has 0 aromatic heterocycles. The van der Waals surface area contributed by atoms with Crippen molar-refractivity contribution >= 4 is 23.2 Å². The quantitative estimate of drug-likeness (QED) is 0.257. The fourth-order valence-electron chi connectivity index (χ4n) is 6.47. The van der Waals surface area contributed by atoms with E-state index in [1.807, 2.05) is 54.6 Å². The lowest BCUT2D eigenvalue weighted by Gasteiger charge is -2.37. The van der Waals surface area contributed by atoms with Gasteiger partial charge in [0.25, 0.3) is 0 Å². The van der Waals surface area contributed by atoms with Gasteiger partial charge in [-0.25, -0.2) is 0 Å². The minimum atomic E-state index is -0.739. The lowest BCUT2D eigenvalue weighted by Crippen LogP contribution is -2.54. The minimum Gasteiger partial charge on any atom is -0.393 e. The lowest BCUT2D eigenvalue weighted by atomic mass is 9.81. The summed E-state index contributed by atoms with van der Waals surface area (Å²) in [5, 5.41) is 10.1. The van der Waals surface area contributed by atoms with Crippen molar-refractivity contribution in [2.75, 3.05) is 14.1 Å². The maximum atomic E-state index is 14.5. The number of likely N-dealkylation sites (N-methyl/N-ethyl adjacent to an activating group) is 2. The number of aliphatic hydroxyl groups is 1. The number of nitrogens with zero attached hydrogens (tertiary/aromatic N) is 2. The highest BCUT2D eigenvalue weighted by Gasteiger charge is 2.38. The predicted molar refractivity (Wildman–Crippen MR) is 186 cm³/mol. The molecule has 1 fully saturated rings. The number of amides is 2. The molecule has 246 valence electrons. The highest BCUT2D eigenvalue weighted by molar-refractivity contribution is 5.95. The van der Waals surface area contributed by atoms with E-state index in [1.54, 1.807) is 30.0 Å². The molecule has 2 aromatic carbocycles. The third-order valence-corrected chi connectivity index (χ3v) is 9.43. The van der Waals surface area contributed by atoms with Gasteiger partial charge in [-0.3, -0.25) is 14.4 Å². The number of hydrogen-bond donors (Lipinski definition) is 1. The van der Waals surface area contributed by atoms with Gasteiger partial charge in [0.2, 0.25) is 11.8 Å². The maximum absolute atomic E-state index is 14.5. The zero-order valence-electron chi connectivity index (χ0n) is 28.3. The second-order valence-electron chi connectivity index (χ2n) is 14.3. The topological polar surface area (TPSA) is 77.9 Å². The van der Waals surface area contributed by atoms with Gasteiger partial charge in [0.1, 0.15) is 6.04 Å². The van der Waals surface area contributed by atoms with Crippen molar-refractivity contribution in [2.45, 2.75) is 90.3 Å². The molecule has 0 saturated heterocycles. The Hall–Kier alpha value is -3.77. The van der Waals surface area contributed by atoms with E-state index >= 15 is 0 Å². The zero-order valence-corrected chi connectivity index (χ0v) is 28.3. The summed E-state index contributed by atoms with van der Waals surface area (Å²) in [6, 6.07) is 18.6. The first-order valence-corrected chi connectivity index (χ1v) is 16.8. The third kappa shape index (κ3) is 9.86. The van der Waals surface area contributed by atoms with Crippen LogP contribution in [0.4, 0.5) is 0 Å². The van der Waals surface area contributed by atoms with Crippen LogP contribution in [-0.4, -0.2) is 64.8 Å².